The van der Waals surface area contributed by atoms with Crippen molar-refractivity contribution in [2.45, 2.75) is 57.5 Å². The summed E-state index contributed by atoms with van der Waals surface area (Å²) in [5, 5.41) is 6.89. The first-order chi connectivity index (χ1) is 17.8. The van der Waals surface area contributed by atoms with E-state index >= 15 is 0 Å². The number of rotatable bonds is 15. The normalized spacial score (nSPS) is 11.9. The summed E-state index contributed by atoms with van der Waals surface area (Å²) in [4.78, 5) is 4.38. The van der Waals surface area contributed by atoms with Gasteiger partial charge in [0.1, 0.15) is 5.60 Å². The Hall–Kier alpha value is -3.11. The van der Waals surface area contributed by atoms with Crippen LogP contribution in [0.4, 0.5) is 0 Å². The summed E-state index contributed by atoms with van der Waals surface area (Å²) in [6.45, 7) is 4.62. The zero-order valence-electron chi connectivity index (χ0n) is 22.1. The number of nitrogens with zero attached hydrogens (tertiary/aromatic N) is 1. The molecule has 0 aliphatic heterocycles. The maximum absolute atomic E-state index is 6.85. The molecular formula is C32H43N3O. The van der Waals surface area contributed by atoms with Gasteiger partial charge in [-0.3, -0.25) is 4.99 Å². The van der Waals surface area contributed by atoms with Crippen molar-refractivity contribution in [2.24, 2.45) is 4.99 Å². The predicted octanol–water partition coefficient (Wildman–Crippen LogP) is 6.91. The Morgan fingerprint density at radius 3 is 1.56 bits per heavy atom. The Kier molecular flexibility index (Phi) is 12.1. The summed E-state index contributed by atoms with van der Waals surface area (Å²) in [6, 6.07) is 31.6. The number of hydrogen-bond donors (Lipinski definition) is 2. The maximum atomic E-state index is 6.85. The van der Waals surface area contributed by atoms with Crippen LogP contribution < -0.4 is 10.6 Å². The van der Waals surface area contributed by atoms with Gasteiger partial charge in [0.05, 0.1) is 6.61 Å². The van der Waals surface area contributed by atoms with Gasteiger partial charge in [0.15, 0.2) is 5.96 Å². The third kappa shape index (κ3) is 7.96. The molecule has 4 nitrogen and oxygen atoms in total. The van der Waals surface area contributed by atoms with Crippen molar-refractivity contribution in [1.29, 1.82) is 0 Å². The molecule has 0 atom stereocenters. The van der Waals surface area contributed by atoms with Crippen LogP contribution in [0.5, 0.6) is 0 Å². The van der Waals surface area contributed by atoms with Crippen LogP contribution in [0.1, 0.15) is 68.6 Å². The van der Waals surface area contributed by atoms with Gasteiger partial charge in [-0.15, -0.1) is 0 Å². The van der Waals surface area contributed by atoms with Crippen LogP contribution in [-0.2, 0) is 10.3 Å². The molecule has 0 unspecified atom stereocenters. The third-order valence-electron chi connectivity index (χ3n) is 6.52. The Morgan fingerprint density at radius 1 is 0.639 bits per heavy atom. The van der Waals surface area contributed by atoms with Crippen LogP contribution in [0.2, 0.25) is 0 Å². The van der Waals surface area contributed by atoms with Crippen molar-refractivity contribution in [1.82, 2.24) is 10.6 Å². The van der Waals surface area contributed by atoms with E-state index < -0.39 is 5.60 Å². The highest BCUT2D eigenvalue weighted by Gasteiger charge is 2.37. The number of hydrogen-bond acceptors (Lipinski definition) is 2. The molecule has 0 heterocycles. The van der Waals surface area contributed by atoms with Crippen LogP contribution in [0.3, 0.4) is 0 Å². The van der Waals surface area contributed by atoms with E-state index in [0.29, 0.717) is 6.61 Å². The lowest BCUT2D eigenvalue weighted by Crippen LogP contribution is -2.39. The van der Waals surface area contributed by atoms with Gasteiger partial charge in [0, 0.05) is 20.1 Å². The Balaban J connectivity index is 1.60. The summed E-state index contributed by atoms with van der Waals surface area (Å²) >= 11 is 0. The molecule has 36 heavy (non-hydrogen) atoms. The minimum atomic E-state index is -0.665. The second kappa shape index (κ2) is 15.8. The first-order valence-corrected chi connectivity index (χ1v) is 13.6. The number of benzene rings is 3. The molecule has 0 saturated heterocycles. The SMILES string of the molecule is CCCCCCCCNC(=NC)NCCCOC(c1ccccc1)(c1ccccc1)c1ccccc1. The van der Waals surface area contributed by atoms with Gasteiger partial charge in [0.25, 0.3) is 0 Å². The number of nitrogens with one attached hydrogen (secondary N) is 2. The second-order valence-corrected chi connectivity index (χ2v) is 9.17. The lowest BCUT2D eigenvalue weighted by molar-refractivity contribution is 0.0120. The van der Waals surface area contributed by atoms with E-state index in [0.717, 1.165) is 42.2 Å². The van der Waals surface area contributed by atoms with Crippen LogP contribution in [0.25, 0.3) is 0 Å². The summed E-state index contributed by atoms with van der Waals surface area (Å²) < 4.78 is 6.85. The molecule has 0 aliphatic rings. The molecule has 0 fully saturated rings. The van der Waals surface area contributed by atoms with Crippen molar-refractivity contribution in [3.63, 3.8) is 0 Å². The molecule has 3 aromatic carbocycles. The number of guanidine groups is 1. The highest BCUT2D eigenvalue weighted by Crippen LogP contribution is 2.40. The molecule has 0 spiro atoms. The second-order valence-electron chi connectivity index (χ2n) is 9.17. The zero-order chi connectivity index (χ0) is 25.3. The van der Waals surface area contributed by atoms with Crippen LogP contribution in [0, 0.1) is 0 Å². The molecule has 0 amide bonds. The number of unbranched alkanes of at least 4 members (excludes halogenated alkanes) is 5. The van der Waals surface area contributed by atoms with E-state index in [9.17, 15) is 0 Å². The highest BCUT2D eigenvalue weighted by atomic mass is 16.5. The van der Waals surface area contributed by atoms with Gasteiger partial charge < -0.3 is 15.4 Å². The molecule has 2 N–H and O–H groups in total. The average Bonchev–Trinajstić information content (AvgIpc) is 2.95. The topological polar surface area (TPSA) is 45.7 Å². The fourth-order valence-electron chi connectivity index (χ4n) is 4.61. The Bertz CT molecular complexity index is 893. The maximum Gasteiger partial charge on any atom is 0.190 e. The van der Waals surface area contributed by atoms with E-state index in [4.69, 9.17) is 4.74 Å². The number of aliphatic imine (C=N–C) groups is 1. The van der Waals surface area contributed by atoms with Gasteiger partial charge in [-0.25, -0.2) is 0 Å². The van der Waals surface area contributed by atoms with E-state index in [-0.39, 0.29) is 0 Å². The molecule has 3 aromatic rings. The molecule has 0 aromatic heterocycles. The van der Waals surface area contributed by atoms with Crippen LogP contribution in [-0.4, -0.2) is 32.7 Å². The zero-order valence-corrected chi connectivity index (χ0v) is 22.1. The largest absolute Gasteiger partial charge is 0.361 e. The third-order valence-corrected chi connectivity index (χ3v) is 6.52. The molecular weight excluding hydrogens is 442 g/mol. The summed E-state index contributed by atoms with van der Waals surface area (Å²) in [6.07, 6.45) is 8.64. The fourth-order valence-corrected chi connectivity index (χ4v) is 4.61. The van der Waals surface area contributed by atoms with Crippen molar-refractivity contribution in [3.05, 3.63) is 108 Å². The first-order valence-electron chi connectivity index (χ1n) is 13.6. The smallest absolute Gasteiger partial charge is 0.190 e. The van der Waals surface area contributed by atoms with Gasteiger partial charge in [-0.1, -0.05) is 130 Å². The summed E-state index contributed by atoms with van der Waals surface area (Å²) in [5.74, 6) is 0.865. The lowest BCUT2D eigenvalue weighted by Gasteiger charge is -2.36. The lowest BCUT2D eigenvalue weighted by atomic mass is 9.80. The van der Waals surface area contributed by atoms with Crippen LogP contribution in [0.15, 0.2) is 96.0 Å². The summed E-state index contributed by atoms with van der Waals surface area (Å²) in [7, 11) is 1.83. The molecule has 0 bridgehead atoms. The standard InChI is InChI=1S/C32H43N3O/c1-3-4-5-6-7-17-25-34-31(33-2)35-26-18-27-36-32(28-19-11-8-12-20-28,29-21-13-9-14-22-29)30-23-15-10-16-24-30/h8-16,19-24H,3-7,17-18,25-27H2,1-2H3,(H2,33,34,35). The van der Waals surface area contributed by atoms with Crippen molar-refractivity contribution >= 4 is 5.96 Å². The van der Waals surface area contributed by atoms with Gasteiger partial charge in [0.2, 0.25) is 0 Å². The van der Waals surface area contributed by atoms with Gasteiger partial charge in [-0.2, -0.15) is 0 Å². The van der Waals surface area contributed by atoms with Crippen molar-refractivity contribution < 1.29 is 4.74 Å². The predicted molar refractivity (Wildman–Crippen MR) is 153 cm³/mol. The van der Waals surface area contributed by atoms with Gasteiger partial charge >= 0.3 is 0 Å². The highest BCUT2D eigenvalue weighted by molar-refractivity contribution is 5.79. The van der Waals surface area contributed by atoms with Gasteiger partial charge in [-0.05, 0) is 29.5 Å². The Morgan fingerprint density at radius 2 is 1.08 bits per heavy atom. The minimum absolute atomic E-state index is 0.611. The van der Waals surface area contributed by atoms with E-state index in [1.54, 1.807) is 0 Å². The molecule has 0 radical (unpaired) electrons. The monoisotopic (exact) mass is 485 g/mol. The van der Waals surface area contributed by atoms with Crippen molar-refractivity contribution in [2.75, 3.05) is 26.7 Å². The van der Waals surface area contributed by atoms with E-state index in [1.165, 1.54) is 38.5 Å². The molecule has 3 rings (SSSR count). The fraction of sp³-hybridized carbons (Fsp3) is 0.406. The average molecular weight is 486 g/mol. The quantitative estimate of drug-likeness (QED) is 0.106. The molecule has 192 valence electrons. The first kappa shape index (κ1) is 27.5. The number of ether oxygens (including phenoxy) is 1. The van der Waals surface area contributed by atoms with E-state index in [2.05, 4.69) is 114 Å². The Labute approximate surface area is 218 Å². The molecule has 4 heteroatoms. The van der Waals surface area contributed by atoms with Crippen LogP contribution >= 0.6 is 0 Å². The minimum Gasteiger partial charge on any atom is -0.361 e. The molecule has 0 aliphatic carbocycles. The van der Waals surface area contributed by atoms with E-state index in [1.807, 2.05) is 7.05 Å². The summed E-state index contributed by atoms with van der Waals surface area (Å²) in [5.41, 5.74) is 2.73. The van der Waals surface area contributed by atoms with Crippen molar-refractivity contribution in [3.8, 4) is 0 Å². The molecule has 0 saturated carbocycles.